The van der Waals surface area contributed by atoms with E-state index in [0.717, 1.165) is 18.4 Å². The van der Waals surface area contributed by atoms with Crippen molar-refractivity contribution in [3.05, 3.63) is 41.6 Å². The Bertz CT molecular complexity index is 964. The van der Waals surface area contributed by atoms with Crippen LogP contribution in [0.15, 0.2) is 30.3 Å². The number of hydrogen-bond acceptors (Lipinski definition) is 11. The van der Waals surface area contributed by atoms with Gasteiger partial charge in [0.1, 0.15) is 18.7 Å². The number of carbonyl (C=O) groups excluding carboxylic acids is 4. The van der Waals surface area contributed by atoms with Crippen molar-refractivity contribution in [3.63, 3.8) is 0 Å². The summed E-state index contributed by atoms with van der Waals surface area (Å²) in [5.74, 6) is -1.80. The van der Waals surface area contributed by atoms with Gasteiger partial charge < -0.3 is 56.6 Å². The van der Waals surface area contributed by atoms with E-state index in [1.165, 1.54) is 6.92 Å². The van der Waals surface area contributed by atoms with E-state index in [-0.39, 0.29) is 58.4 Å². The molecule has 2 unspecified atom stereocenters. The van der Waals surface area contributed by atoms with Crippen LogP contribution in [0.25, 0.3) is 5.73 Å². The first kappa shape index (κ1) is 60.7. The molecule has 0 aliphatic rings. The maximum Gasteiger partial charge on any atom is 0.302 e. The van der Waals surface area contributed by atoms with Gasteiger partial charge in [0, 0.05) is 47.6 Å². The Kier molecular flexibility index (Phi) is 54.6. The number of hydrogen-bond donors (Lipinski definition) is 5. The second-order valence-corrected chi connectivity index (χ2v) is 11.0. The topological polar surface area (TPSA) is 235 Å². The molecule has 1 aromatic carbocycles. The Morgan fingerprint density at radius 3 is 1.70 bits per heavy atom. The van der Waals surface area contributed by atoms with E-state index in [1.807, 2.05) is 65.0 Å². The third-order valence-electron chi connectivity index (χ3n) is 6.22. The number of ether oxygens (including phenoxy) is 5. The smallest absolute Gasteiger partial charge is 0.302 e. The maximum atomic E-state index is 12.6. The summed E-state index contributed by atoms with van der Waals surface area (Å²) in [5.41, 5.74) is 18.8. The van der Waals surface area contributed by atoms with Crippen LogP contribution in [0.2, 0.25) is 0 Å². The van der Waals surface area contributed by atoms with Crippen molar-refractivity contribution < 1.29 is 69.0 Å². The van der Waals surface area contributed by atoms with Crippen molar-refractivity contribution in [2.75, 3.05) is 72.6 Å². The van der Waals surface area contributed by atoms with Crippen molar-refractivity contribution in [1.82, 2.24) is 10.6 Å². The molecule has 15 nitrogen and oxygen atoms in total. The molecule has 0 spiro atoms. The van der Waals surface area contributed by atoms with E-state index in [2.05, 4.69) is 10.6 Å². The standard InChI is InChI=1S/C22H44N5O7.C9H10O2.C3H8O.2C2H6.W/c1-17(2)20(22(30)26-18(21(25)29)5-3-4-7-23)27-19(28)6-9-31-11-13-33-15-16-34-14-12-32-10-8-24;1-8(10)11-7-9-5-3-2-4-6-9;1-2-3-4;2*1-2;/h17-18,20,24H,3-16,23H2,1-2H3,(H2,25,29)(H,26,30)(H,27,28);2-6H,7H2,1H3;4H,2-3H2,1H3;2*1-2H3;/q-1;;;;;. The van der Waals surface area contributed by atoms with Crippen LogP contribution in [0.5, 0.6) is 0 Å². The summed E-state index contributed by atoms with van der Waals surface area (Å²) in [4.78, 5) is 46.9. The van der Waals surface area contributed by atoms with E-state index in [9.17, 15) is 19.2 Å². The largest absolute Gasteiger partial charge is 0.676 e. The van der Waals surface area contributed by atoms with E-state index >= 15 is 0 Å². The van der Waals surface area contributed by atoms with Crippen LogP contribution in [0, 0.1) is 5.92 Å². The van der Waals surface area contributed by atoms with Gasteiger partial charge in [0.25, 0.3) is 0 Å². The van der Waals surface area contributed by atoms with Gasteiger partial charge in [-0.15, -0.1) is 6.54 Å². The van der Waals surface area contributed by atoms with E-state index in [0.29, 0.717) is 78.8 Å². The van der Waals surface area contributed by atoms with Gasteiger partial charge in [-0.3, -0.25) is 19.2 Å². The summed E-state index contributed by atoms with van der Waals surface area (Å²) in [6.07, 6.45) is 2.76. The van der Waals surface area contributed by atoms with E-state index < -0.39 is 23.9 Å². The number of primary amides is 1. The van der Waals surface area contributed by atoms with Crippen LogP contribution in [0.1, 0.15) is 93.1 Å². The van der Waals surface area contributed by atoms with Crippen LogP contribution in [0.3, 0.4) is 0 Å². The zero-order valence-corrected chi connectivity index (χ0v) is 37.3. The molecule has 318 valence electrons. The van der Waals surface area contributed by atoms with Crippen LogP contribution < -0.4 is 22.1 Å². The molecular weight excluding hydrogens is 870 g/mol. The number of benzene rings is 1. The molecule has 54 heavy (non-hydrogen) atoms. The van der Waals surface area contributed by atoms with Gasteiger partial charge in [0.15, 0.2) is 0 Å². The van der Waals surface area contributed by atoms with Gasteiger partial charge in [-0.05, 0) is 43.7 Å². The number of unbranched alkanes of at least 4 members (excludes halogenated alkanes) is 1. The molecular formula is C38H74N5O10W-. The first-order valence-corrected chi connectivity index (χ1v) is 18.9. The first-order chi connectivity index (χ1) is 25.5. The molecule has 8 N–H and O–H groups in total. The quantitative estimate of drug-likeness (QED) is 0.0660. The van der Waals surface area contributed by atoms with Gasteiger partial charge in [-0.25, -0.2) is 0 Å². The fourth-order valence-electron chi connectivity index (χ4n) is 3.58. The second kappa shape index (κ2) is 48.5. The van der Waals surface area contributed by atoms with E-state index in [4.69, 9.17) is 46.0 Å². The van der Waals surface area contributed by atoms with Crippen molar-refractivity contribution in [3.8, 4) is 0 Å². The number of rotatable bonds is 26. The van der Waals surface area contributed by atoms with Crippen molar-refractivity contribution in [2.24, 2.45) is 17.4 Å². The third-order valence-corrected chi connectivity index (χ3v) is 6.22. The molecule has 0 saturated heterocycles. The molecule has 0 aromatic heterocycles. The average molecular weight is 945 g/mol. The van der Waals surface area contributed by atoms with Crippen molar-refractivity contribution in [1.29, 1.82) is 0 Å². The maximum absolute atomic E-state index is 12.6. The number of aliphatic hydroxyl groups excluding tert-OH is 1. The minimum Gasteiger partial charge on any atom is -0.676 e. The van der Waals surface area contributed by atoms with Gasteiger partial charge in [0.05, 0.1) is 46.2 Å². The summed E-state index contributed by atoms with van der Waals surface area (Å²) in [5, 5.41) is 13.2. The molecule has 0 aliphatic heterocycles. The molecule has 0 saturated carbocycles. The molecule has 0 heterocycles. The number of aliphatic hydroxyl groups is 1. The third kappa shape index (κ3) is 43.9. The zero-order chi connectivity index (χ0) is 41.1. The van der Waals surface area contributed by atoms with Gasteiger partial charge in [-0.1, -0.05) is 78.8 Å². The Balaban J connectivity index is -0.000000327. The summed E-state index contributed by atoms with van der Waals surface area (Å²) >= 11 is 0. The van der Waals surface area contributed by atoms with Crippen LogP contribution in [-0.2, 0) is 70.5 Å². The van der Waals surface area contributed by atoms with Crippen molar-refractivity contribution in [2.45, 2.75) is 106 Å². The minimum absolute atomic E-state index is 0. The molecule has 16 heteroatoms. The summed E-state index contributed by atoms with van der Waals surface area (Å²) in [7, 11) is 0. The average Bonchev–Trinajstić information content (AvgIpc) is 3.16. The summed E-state index contributed by atoms with van der Waals surface area (Å²) in [6.45, 7) is 19.5. The number of nitrogens with two attached hydrogens (primary N) is 2. The monoisotopic (exact) mass is 944 g/mol. The molecule has 1 aromatic rings. The fraction of sp³-hybridized carbons (Fsp3) is 0.737. The van der Waals surface area contributed by atoms with Crippen LogP contribution in [0.4, 0.5) is 0 Å². The number of amides is 3. The number of nitrogens with one attached hydrogen (secondary N) is 3. The minimum atomic E-state index is -0.798. The Hall–Kier alpha value is -2.49. The number of esters is 1. The molecule has 2 atom stereocenters. The SMILES string of the molecule is CC.CC.CC(=O)OCc1ccccc1.CC(C)C(NC(=O)CCOCCOCCOCCOCC[NH-])C(=O)NC(CCCCN)C(N)=O.CCCO.[W]. The summed E-state index contributed by atoms with van der Waals surface area (Å²) < 4.78 is 26.0. The van der Waals surface area contributed by atoms with Crippen LogP contribution >= 0.6 is 0 Å². The molecule has 0 fully saturated rings. The molecule has 0 aliphatic carbocycles. The molecule has 0 bridgehead atoms. The Labute approximate surface area is 340 Å². The normalized spacial score (nSPS) is 10.8. The fourth-order valence-corrected chi connectivity index (χ4v) is 3.58. The predicted molar refractivity (Wildman–Crippen MR) is 210 cm³/mol. The Morgan fingerprint density at radius 2 is 1.30 bits per heavy atom. The first-order valence-electron chi connectivity index (χ1n) is 18.9. The predicted octanol–water partition coefficient (Wildman–Crippen LogP) is 3.92. The van der Waals surface area contributed by atoms with Gasteiger partial charge >= 0.3 is 5.97 Å². The summed E-state index contributed by atoms with van der Waals surface area (Å²) in [6, 6.07) is 8.01. The second-order valence-electron chi connectivity index (χ2n) is 11.0. The number of carbonyl (C=O) groups is 4. The van der Waals surface area contributed by atoms with Crippen LogP contribution in [-0.4, -0.2) is 113 Å². The van der Waals surface area contributed by atoms with Gasteiger partial charge in [-0.2, -0.15) is 0 Å². The van der Waals surface area contributed by atoms with Crippen molar-refractivity contribution >= 4 is 23.7 Å². The van der Waals surface area contributed by atoms with E-state index in [1.54, 1.807) is 13.8 Å². The zero-order valence-electron chi connectivity index (χ0n) is 34.3. The molecule has 0 radical (unpaired) electrons. The molecule has 3 amide bonds. The Morgan fingerprint density at radius 1 is 0.815 bits per heavy atom. The molecule has 1 rings (SSSR count). The van der Waals surface area contributed by atoms with Gasteiger partial charge in [0.2, 0.25) is 17.7 Å².